The molecule has 1 N–H and O–H groups in total. The van der Waals surface area contributed by atoms with Crippen molar-refractivity contribution >= 4 is 23.4 Å². The first kappa shape index (κ1) is 15.6. The van der Waals surface area contributed by atoms with Crippen molar-refractivity contribution < 1.29 is 9.18 Å². The highest BCUT2D eigenvalue weighted by molar-refractivity contribution is 8.00. The van der Waals surface area contributed by atoms with Crippen LogP contribution in [0.25, 0.3) is 0 Å². The van der Waals surface area contributed by atoms with Crippen molar-refractivity contribution in [1.29, 1.82) is 0 Å². The number of anilines is 1. The second kappa shape index (κ2) is 6.76. The number of rotatable bonds is 4. The molecule has 2 aromatic rings. The average Bonchev–Trinajstić information content (AvgIpc) is 2.45. The molecule has 0 fully saturated rings. The molecule has 0 radical (unpaired) electrons. The number of aryl methyl sites for hydroxylation is 2. The van der Waals surface area contributed by atoms with Crippen molar-refractivity contribution in [3.05, 3.63) is 59.4 Å². The van der Waals surface area contributed by atoms with E-state index < -0.39 is 0 Å². The van der Waals surface area contributed by atoms with Gasteiger partial charge in [-0.1, -0.05) is 18.2 Å². The largest absolute Gasteiger partial charge is 0.325 e. The molecule has 0 aromatic heterocycles. The van der Waals surface area contributed by atoms with Crippen molar-refractivity contribution in [2.75, 3.05) is 5.32 Å². The predicted octanol–water partition coefficient (Wildman–Crippen LogP) is 4.56. The molecule has 110 valence electrons. The van der Waals surface area contributed by atoms with E-state index in [9.17, 15) is 9.18 Å². The zero-order valence-corrected chi connectivity index (χ0v) is 13.1. The molecular weight excluding hydrogens is 285 g/mol. The summed E-state index contributed by atoms with van der Waals surface area (Å²) in [4.78, 5) is 13.2. The fourth-order valence-corrected chi connectivity index (χ4v) is 2.87. The Morgan fingerprint density at radius 3 is 2.24 bits per heavy atom. The van der Waals surface area contributed by atoms with Crippen LogP contribution in [0, 0.1) is 19.7 Å². The molecular formula is C17H18FNOS. The predicted molar refractivity (Wildman–Crippen MR) is 86.3 cm³/mol. The molecule has 21 heavy (non-hydrogen) atoms. The molecule has 4 heteroatoms. The van der Waals surface area contributed by atoms with E-state index in [1.54, 1.807) is 12.1 Å². The number of thioether (sulfide) groups is 1. The summed E-state index contributed by atoms with van der Waals surface area (Å²) in [5, 5.41) is 2.72. The minimum absolute atomic E-state index is 0.0540. The second-order valence-corrected chi connectivity index (χ2v) is 6.38. The quantitative estimate of drug-likeness (QED) is 0.839. The highest BCUT2D eigenvalue weighted by Crippen LogP contribution is 2.26. The van der Waals surface area contributed by atoms with E-state index in [1.807, 2.05) is 39.0 Å². The van der Waals surface area contributed by atoms with E-state index in [0.717, 1.165) is 21.7 Å². The van der Waals surface area contributed by atoms with Crippen LogP contribution in [0.5, 0.6) is 0 Å². The summed E-state index contributed by atoms with van der Waals surface area (Å²) in [5.74, 6) is -0.325. The van der Waals surface area contributed by atoms with Gasteiger partial charge in [0.2, 0.25) is 5.91 Å². The number of halogens is 1. The summed E-state index contributed by atoms with van der Waals surface area (Å²) in [7, 11) is 0. The lowest BCUT2D eigenvalue weighted by atomic mass is 10.1. The molecule has 0 aliphatic rings. The molecule has 0 saturated heterocycles. The molecule has 0 aliphatic carbocycles. The van der Waals surface area contributed by atoms with Gasteiger partial charge in [-0.3, -0.25) is 4.79 Å². The smallest absolute Gasteiger partial charge is 0.237 e. The highest BCUT2D eigenvalue weighted by atomic mass is 32.2. The number of carbonyl (C=O) groups is 1. The normalized spacial score (nSPS) is 12.0. The Hall–Kier alpha value is -1.81. The third kappa shape index (κ3) is 4.08. The number of hydrogen-bond acceptors (Lipinski definition) is 2. The van der Waals surface area contributed by atoms with Gasteiger partial charge >= 0.3 is 0 Å². The van der Waals surface area contributed by atoms with Gasteiger partial charge in [0.15, 0.2) is 0 Å². The van der Waals surface area contributed by atoms with Crippen LogP contribution in [0.3, 0.4) is 0 Å². The van der Waals surface area contributed by atoms with Crippen LogP contribution in [-0.2, 0) is 4.79 Å². The van der Waals surface area contributed by atoms with Crippen LogP contribution in [0.2, 0.25) is 0 Å². The third-order valence-corrected chi connectivity index (χ3v) is 4.34. The Labute approximate surface area is 128 Å². The van der Waals surface area contributed by atoms with E-state index in [1.165, 1.54) is 23.9 Å². The van der Waals surface area contributed by atoms with Gasteiger partial charge in [-0.25, -0.2) is 4.39 Å². The van der Waals surface area contributed by atoms with E-state index in [4.69, 9.17) is 0 Å². The van der Waals surface area contributed by atoms with Crippen molar-refractivity contribution in [3.63, 3.8) is 0 Å². The molecule has 0 saturated carbocycles. The lowest BCUT2D eigenvalue weighted by molar-refractivity contribution is -0.115. The Morgan fingerprint density at radius 1 is 1.10 bits per heavy atom. The van der Waals surface area contributed by atoms with E-state index in [-0.39, 0.29) is 17.0 Å². The van der Waals surface area contributed by atoms with E-state index >= 15 is 0 Å². The summed E-state index contributed by atoms with van der Waals surface area (Å²) in [6.45, 7) is 5.79. The van der Waals surface area contributed by atoms with Crippen LogP contribution in [0.4, 0.5) is 10.1 Å². The first-order valence-electron chi connectivity index (χ1n) is 6.76. The maximum absolute atomic E-state index is 12.9. The molecule has 0 spiro atoms. The van der Waals surface area contributed by atoms with E-state index in [0.29, 0.717) is 0 Å². The number of carbonyl (C=O) groups excluding carboxylic acids is 1. The molecule has 2 aromatic carbocycles. The second-order valence-electron chi connectivity index (χ2n) is 4.97. The van der Waals surface area contributed by atoms with Gasteiger partial charge < -0.3 is 5.32 Å². The first-order valence-corrected chi connectivity index (χ1v) is 7.64. The van der Waals surface area contributed by atoms with Gasteiger partial charge in [-0.2, -0.15) is 0 Å². The fraction of sp³-hybridized carbons (Fsp3) is 0.235. The number of para-hydroxylation sites is 1. The lowest BCUT2D eigenvalue weighted by Gasteiger charge is -2.15. The van der Waals surface area contributed by atoms with Crippen molar-refractivity contribution in [3.8, 4) is 0 Å². The average molecular weight is 303 g/mol. The monoisotopic (exact) mass is 303 g/mol. The molecule has 0 bridgehead atoms. The van der Waals surface area contributed by atoms with Crippen LogP contribution < -0.4 is 5.32 Å². The van der Waals surface area contributed by atoms with Gasteiger partial charge in [0.25, 0.3) is 0 Å². The first-order chi connectivity index (χ1) is 9.97. The summed E-state index contributed by atoms with van der Waals surface area (Å²) in [5.41, 5.74) is 2.96. The van der Waals surface area contributed by atoms with Crippen molar-refractivity contribution in [2.24, 2.45) is 0 Å². The van der Waals surface area contributed by atoms with Crippen molar-refractivity contribution in [2.45, 2.75) is 30.9 Å². The standard InChI is InChI=1S/C17H18FNOS/c1-11-5-4-6-12(2)16(11)19-17(20)13(3)21-15-9-7-14(18)8-10-15/h4-10,13H,1-3H3,(H,19,20). The van der Waals surface area contributed by atoms with Crippen LogP contribution in [-0.4, -0.2) is 11.2 Å². The molecule has 0 aliphatic heterocycles. The topological polar surface area (TPSA) is 29.1 Å². The van der Waals surface area contributed by atoms with Crippen molar-refractivity contribution in [1.82, 2.24) is 0 Å². The van der Waals surface area contributed by atoms with Crippen LogP contribution in [0.15, 0.2) is 47.4 Å². The van der Waals surface area contributed by atoms with Gasteiger partial charge in [0.1, 0.15) is 5.82 Å². The molecule has 2 nitrogen and oxygen atoms in total. The molecule has 1 atom stereocenters. The fourth-order valence-electron chi connectivity index (χ4n) is 2.01. The number of amides is 1. The summed E-state index contributed by atoms with van der Waals surface area (Å²) in [6, 6.07) is 12.1. The van der Waals surface area contributed by atoms with Crippen LogP contribution >= 0.6 is 11.8 Å². The van der Waals surface area contributed by atoms with E-state index in [2.05, 4.69) is 5.32 Å². The number of benzene rings is 2. The number of nitrogens with one attached hydrogen (secondary N) is 1. The van der Waals surface area contributed by atoms with Gasteiger partial charge in [0.05, 0.1) is 5.25 Å². The Kier molecular flexibility index (Phi) is 5.02. The van der Waals surface area contributed by atoms with Crippen LogP contribution in [0.1, 0.15) is 18.1 Å². The van der Waals surface area contributed by atoms with Gasteiger partial charge in [-0.15, -0.1) is 11.8 Å². The maximum Gasteiger partial charge on any atom is 0.237 e. The molecule has 1 unspecified atom stereocenters. The third-order valence-electron chi connectivity index (χ3n) is 3.23. The Bertz CT molecular complexity index is 619. The summed E-state index contributed by atoms with van der Waals surface area (Å²) < 4.78 is 12.9. The summed E-state index contributed by atoms with van der Waals surface area (Å²) in [6.07, 6.45) is 0. The SMILES string of the molecule is Cc1cccc(C)c1NC(=O)C(C)Sc1ccc(F)cc1. The molecule has 2 rings (SSSR count). The molecule has 1 amide bonds. The Balaban J connectivity index is 2.04. The maximum atomic E-state index is 12.9. The summed E-state index contributed by atoms with van der Waals surface area (Å²) >= 11 is 1.41. The van der Waals surface area contributed by atoms with Gasteiger partial charge in [0, 0.05) is 10.6 Å². The minimum atomic E-state index is -0.271. The molecule has 0 heterocycles. The zero-order valence-electron chi connectivity index (χ0n) is 12.3. The number of hydrogen-bond donors (Lipinski definition) is 1. The zero-order chi connectivity index (χ0) is 15.4. The minimum Gasteiger partial charge on any atom is -0.325 e. The lowest BCUT2D eigenvalue weighted by Crippen LogP contribution is -2.23. The highest BCUT2D eigenvalue weighted by Gasteiger charge is 2.16. The Morgan fingerprint density at radius 2 is 1.67 bits per heavy atom. The van der Waals surface area contributed by atoms with Gasteiger partial charge in [-0.05, 0) is 56.2 Å².